The molecule has 2 aliphatic rings. The Morgan fingerprint density at radius 2 is 2.00 bits per heavy atom. The number of fused-ring (bicyclic) bond motifs is 1. The number of aliphatic hydroxyl groups excluding tert-OH is 1. The van der Waals surface area contributed by atoms with Gasteiger partial charge >= 0.3 is 0 Å². The van der Waals surface area contributed by atoms with Gasteiger partial charge in [-0.1, -0.05) is 30.3 Å². The van der Waals surface area contributed by atoms with Gasteiger partial charge in [-0.2, -0.15) is 5.10 Å². The summed E-state index contributed by atoms with van der Waals surface area (Å²) in [6.45, 7) is 2.87. The highest BCUT2D eigenvalue weighted by molar-refractivity contribution is 5.84. The molecule has 7 nitrogen and oxygen atoms in total. The predicted molar refractivity (Wildman–Crippen MR) is 88.1 cm³/mol. The summed E-state index contributed by atoms with van der Waals surface area (Å²) in [5.41, 5.74) is 0.375. The van der Waals surface area contributed by atoms with Crippen LogP contribution >= 0.6 is 0 Å². The van der Waals surface area contributed by atoms with E-state index in [9.17, 15) is 9.90 Å². The molecular formula is C17H21N5O2. The third kappa shape index (κ3) is 2.50. The van der Waals surface area contributed by atoms with Gasteiger partial charge in [0.2, 0.25) is 5.91 Å². The summed E-state index contributed by atoms with van der Waals surface area (Å²) in [6.07, 6.45) is 0.681. The third-order valence-electron chi connectivity index (χ3n) is 4.94. The van der Waals surface area contributed by atoms with Gasteiger partial charge in [0.1, 0.15) is 5.82 Å². The molecule has 1 aromatic carbocycles. The minimum atomic E-state index is -0.630. The molecule has 7 heteroatoms. The highest BCUT2D eigenvalue weighted by Crippen LogP contribution is 2.26. The molecule has 0 radical (unpaired) electrons. The van der Waals surface area contributed by atoms with E-state index < -0.39 is 5.41 Å². The van der Waals surface area contributed by atoms with Crippen molar-refractivity contribution < 1.29 is 9.90 Å². The molecule has 0 saturated carbocycles. The molecule has 4 rings (SSSR count). The number of aliphatic hydroxyl groups is 1. The van der Waals surface area contributed by atoms with Crippen molar-refractivity contribution in [3.8, 4) is 11.4 Å². The SMILES string of the molecule is O=C(N1CCc2nc(-c3ccccc3)nn2CC1)C1(CO)CNC1. The van der Waals surface area contributed by atoms with Crippen molar-refractivity contribution in [1.29, 1.82) is 0 Å². The van der Waals surface area contributed by atoms with Crippen molar-refractivity contribution in [3.05, 3.63) is 36.2 Å². The lowest BCUT2D eigenvalue weighted by Crippen LogP contribution is -2.64. The van der Waals surface area contributed by atoms with E-state index in [0.29, 0.717) is 39.1 Å². The summed E-state index contributed by atoms with van der Waals surface area (Å²) in [5, 5.41) is 17.3. The van der Waals surface area contributed by atoms with Crippen molar-refractivity contribution in [1.82, 2.24) is 25.0 Å². The zero-order chi connectivity index (χ0) is 16.6. The Morgan fingerprint density at radius 1 is 1.21 bits per heavy atom. The van der Waals surface area contributed by atoms with Crippen molar-refractivity contribution in [3.63, 3.8) is 0 Å². The van der Waals surface area contributed by atoms with Crippen LogP contribution in [0.25, 0.3) is 11.4 Å². The molecule has 3 heterocycles. The number of hydrogen-bond donors (Lipinski definition) is 2. The first-order valence-corrected chi connectivity index (χ1v) is 8.32. The van der Waals surface area contributed by atoms with Gasteiger partial charge in [0, 0.05) is 38.2 Å². The monoisotopic (exact) mass is 327 g/mol. The lowest BCUT2D eigenvalue weighted by Gasteiger charge is -2.42. The van der Waals surface area contributed by atoms with E-state index >= 15 is 0 Å². The highest BCUT2D eigenvalue weighted by Gasteiger charge is 2.46. The average Bonchev–Trinajstić information content (AvgIpc) is 2.88. The van der Waals surface area contributed by atoms with Gasteiger partial charge in [0.15, 0.2) is 5.82 Å². The molecule has 0 bridgehead atoms. The highest BCUT2D eigenvalue weighted by atomic mass is 16.3. The van der Waals surface area contributed by atoms with Gasteiger partial charge in [-0.15, -0.1) is 0 Å². The van der Waals surface area contributed by atoms with Gasteiger partial charge in [0.25, 0.3) is 0 Å². The Labute approximate surface area is 140 Å². The Balaban J connectivity index is 1.50. The number of carbonyl (C=O) groups excluding carboxylic acids is 1. The minimum absolute atomic E-state index is 0.0396. The Kier molecular flexibility index (Phi) is 3.82. The number of nitrogens with zero attached hydrogens (tertiary/aromatic N) is 4. The van der Waals surface area contributed by atoms with Crippen LogP contribution in [0.3, 0.4) is 0 Å². The molecule has 2 N–H and O–H groups in total. The van der Waals surface area contributed by atoms with Gasteiger partial charge in [-0.3, -0.25) is 4.79 Å². The van der Waals surface area contributed by atoms with E-state index in [1.165, 1.54) is 0 Å². The predicted octanol–water partition coefficient (Wildman–Crippen LogP) is -0.0883. The topological polar surface area (TPSA) is 83.3 Å². The molecule has 1 amide bonds. The zero-order valence-corrected chi connectivity index (χ0v) is 13.5. The van der Waals surface area contributed by atoms with E-state index in [0.717, 1.165) is 17.2 Å². The average molecular weight is 327 g/mol. The number of amides is 1. The molecule has 2 aliphatic heterocycles. The van der Waals surface area contributed by atoms with E-state index in [4.69, 9.17) is 0 Å². The van der Waals surface area contributed by atoms with Crippen LogP contribution in [0.15, 0.2) is 30.3 Å². The van der Waals surface area contributed by atoms with Crippen LogP contribution in [0.1, 0.15) is 5.82 Å². The largest absolute Gasteiger partial charge is 0.395 e. The first-order valence-electron chi connectivity index (χ1n) is 8.32. The second-order valence-corrected chi connectivity index (χ2v) is 6.53. The van der Waals surface area contributed by atoms with Gasteiger partial charge in [-0.05, 0) is 0 Å². The molecular weight excluding hydrogens is 306 g/mol. The number of nitrogens with one attached hydrogen (secondary N) is 1. The van der Waals surface area contributed by atoms with Crippen LogP contribution in [-0.2, 0) is 17.8 Å². The molecule has 0 atom stereocenters. The van der Waals surface area contributed by atoms with E-state index in [2.05, 4.69) is 15.4 Å². The van der Waals surface area contributed by atoms with Crippen LogP contribution in [0.5, 0.6) is 0 Å². The van der Waals surface area contributed by atoms with Crippen molar-refractivity contribution in [2.45, 2.75) is 13.0 Å². The summed E-state index contributed by atoms with van der Waals surface area (Å²) in [4.78, 5) is 19.2. The molecule has 1 fully saturated rings. The number of hydrogen-bond acceptors (Lipinski definition) is 5. The maximum Gasteiger partial charge on any atom is 0.233 e. The van der Waals surface area contributed by atoms with Gasteiger partial charge in [0.05, 0.1) is 18.6 Å². The van der Waals surface area contributed by atoms with E-state index in [1.807, 2.05) is 39.9 Å². The fourth-order valence-electron chi connectivity index (χ4n) is 3.31. The minimum Gasteiger partial charge on any atom is -0.395 e. The van der Waals surface area contributed by atoms with E-state index in [1.54, 1.807) is 0 Å². The normalized spacial score (nSPS) is 19.3. The number of aromatic nitrogens is 3. The molecule has 1 aromatic heterocycles. The lowest BCUT2D eigenvalue weighted by atomic mass is 9.81. The molecule has 0 unspecified atom stereocenters. The summed E-state index contributed by atoms with van der Waals surface area (Å²) >= 11 is 0. The van der Waals surface area contributed by atoms with Crippen molar-refractivity contribution in [2.75, 3.05) is 32.8 Å². The Bertz CT molecular complexity index is 708. The second kappa shape index (κ2) is 5.99. The van der Waals surface area contributed by atoms with Crippen molar-refractivity contribution in [2.24, 2.45) is 5.41 Å². The smallest absolute Gasteiger partial charge is 0.233 e. The molecule has 2 aromatic rings. The van der Waals surface area contributed by atoms with Crippen LogP contribution in [0.2, 0.25) is 0 Å². The summed E-state index contributed by atoms with van der Waals surface area (Å²) in [5.74, 6) is 1.69. The second-order valence-electron chi connectivity index (χ2n) is 6.53. The maximum atomic E-state index is 12.7. The number of rotatable bonds is 3. The Morgan fingerprint density at radius 3 is 2.67 bits per heavy atom. The molecule has 1 saturated heterocycles. The fourth-order valence-corrected chi connectivity index (χ4v) is 3.31. The molecule has 0 spiro atoms. The van der Waals surface area contributed by atoms with E-state index in [-0.39, 0.29) is 12.5 Å². The first-order chi connectivity index (χ1) is 11.7. The van der Waals surface area contributed by atoms with Gasteiger partial charge < -0.3 is 15.3 Å². The fraction of sp³-hybridized carbons (Fsp3) is 0.471. The van der Waals surface area contributed by atoms with Crippen molar-refractivity contribution >= 4 is 5.91 Å². The molecule has 126 valence electrons. The summed E-state index contributed by atoms with van der Waals surface area (Å²) in [7, 11) is 0. The number of benzene rings is 1. The first kappa shape index (κ1) is 15.3. The lowest BCUT2D eigenvalue weighted by molar-refractivity contribution is -0.148. The summed E-state index contributed by atoms with van der Waals surface area (Å²) in [6, 6.07) is 9.92. The maximum absolute atomic E-state index is 12.7. The van der Waals surface area contributed by atoms with Crippen LogP contribution in [0.4, 0.5) is 0 Å². The van der Waals surface area contributed by atoms with Crippen LogP contribution in [0, 0.1) is 5.41 Å². The Hall–Kier alpha value is -2.25. The van der Waals surface area contributed by atoms with Crippen LogP contribution in [-0.4, -0.2) is 63.5 Å². The number of carbonyl (C=O) groups is 1. The zero-order valence-electron chi connectivity index (χ0n) is 13.5. The molecule has 0 aliphatic carbocycles. The molecule has 24 heavy (non-hydrogen) atoms. The standard InChI is InChI=1S/C17H21N5O2/c23-12-17(10-18-11-17)16(24)21-7-6-14-19-15(20-22(14)9-8-21)13-4-2-1-3-5-13/h1-5,18,23H,6-12H2. The van der Waals surface area contributed by atoms with Crippen LogP contribution < -0.4 is 5.32 Å². The van der Waals surface area contributed by atoms with Gasteiger partial charge in [-0.25, -0.2) is 9.67 Å². The quantitative estimate of drug-likeness (QED) is 0.823. The third-order valence-corrected chi connectivity index (χ3v) is 4.94. The summed E-state index contributed by atoms with van der Waals surface area (Å²) < 4.78 is 1.90.